The molecule has 0 radical (unpaired) electrons. The highest BCUT2D eigenvalue weighted by Crippen LogP contribution is 2.16. The van der Waals surface area contributed by atoms with Crippen molar-refractivity contribution in [1.29, 1.82) is 0 Å². The predicted molar refractivity (Wildman–Crippen MR) is 72.8 cm³/mol. The van der Waals surface area contributed by atoms with E-state index >= 15 is 0 Å². The molecule has 0 saturated carbocycles. The summed E-state index contributed by atoms with van der Waals surface area (Å²) in [6.07, 6.45) is 0.740. The molecule has 1 atom stereocenters. The second kappa shape index (κ2) is 7.38. The van der Waals surface area contributed by atoms with Gasteiger partial charge >= 0.3 is 6.03 Å². The van der Waals surface area contributed by atoms with Gasteiger partial charge in [-0.2, -0.15) is 0 Å². The van der Waals surface area contributed by atoms with Crippen LogP contribution in [0.2, 0.25) is 0 Å². The number of imide groups is 1. The smallest absolute Gasteiger partial charge is 0.318 e. The first kappa shape index (κ1) is 15.0. The minimum absolute atomic E-state index is 0.464. The molecule has 0 saturated heterocycles. The van der Waals surface area contributed by atoms with Crippen molar-refractivity contribution in [1.82, 2.24) is 5.32 Å². The zero-order valence-electron chi connectivity index (χ0n) is 11.1. The number of hydrogen-bond acceptors (Lipinski definition) is 4. The molecule has 104 valence electrons. The molecule has 4 N–H and O–H groups in total. The number of carbonyl (C=O) groups is 2. The molecule has 0 aliphatic carbocycles. The number of benzene rings is 1. The van der Waals surface area contributed by atoms with E-state index in [1.54, 1.807) is 14.0 Å². The van der Waals surface area contributed by atoms with Crippen LogP contribution in [-0.2, 0) is 16.0 Å². The van der Waals surface area contributed by atoms with E-state index < -0.39 is 18.0 Å². The van der Waals surface area contributed by atoms with Crippen molar-refractivity contribution in [2.45, 2.75) is 19.4 Å². The molecular weight excluding hydrogens is 246 g/mol. The fourth-order valence-electron chi connectivity index (χ4n) is 1.62. The molecule has 0 heterocycles. The maximum atomic E-state index is 11.6. The number of primary amides is 1. The van der Waals surface area contributed by atoms with E-state index in [-0.39, 0.29) is 0 Å². The zero-order chi connectivity index (χ0) is 14.3. The number of urea groups is 1. The minimum atomic E-state index is -0.855. The average Bonchev–Trinajstić information content (AvgIpc) is 2.36. The number of methoxy groups -OCH3 is 1. The van der Waals surface area contributed by atoms with E-state index in [4.69, 9.17) is 10.5 Å². The quantitative estimate of drug-likeness (QED) is 0.711. The standard InChI is InChI=1S/C13H19N3O3/c1-9(12(17)16-13(14)18)15-11-6-4-3-5-10(11)7-8-19-2/h3-6,9,15H,7-8H2,1-2H3,(H3,14,16,17,18). The number of ether oxygens (including phenoxy) is 1. The van der Waals surface area contributed by atoms with E-state index in [2.05, 4.69) is 5.32 Å². The number of anilines is 1. The van der Waals surface area contributed by atoms with Gasteiger partial charge < -0.3 is 15.8 Å². The van der Waals surface area contributed by atoms with Gasteiger partial charge in [-0.15, -0.1) is 0 Å². The molecule has 0 aliphatic rings. The first-order valence-corrected chi connectivity index (χ1v) is 5.98. The van der Waals surface area contributed by atoms with E-state index in [0.29, 0.717) is 6.61 Å². The molecule has 1 unspecified atom stereocenters. The van der Waals surface area contributed by atoms with Crippen LogP contribution in [0.25, 0.3) is 0 Å². The molecule has 1 rings (SSSR count). The number of rotatable bonds is 6. The Labute approximate surface area is 112 Å². The van der Waals surface area contributed by atoms with Crippen LogP contribution in [0.5, 0.6) is 0 Å². The molecular formula is C13H19N3O3. The number of carbonyl (C=O) groups excluding carboxylic acids is 2. The Bertz CT molecular complexity index is 449. The summed E-state index contributed by atoms with van der Waals surface area (Å²) in [4.78, 5) is 22.2. The van der Waals surface area contributed by atoms with E-state index in [1.165, 1.54) is 0 Å². The lowest BCUT2D eigenvalue weighted by Crippen LogP contribution is -2.43. The van der Waals surface area contributed by atoms with Gasteiger partial charge in [-0.3, -0.25) is 10.1 Å². The van der Waals surface area contributed by atoms with Crippen LogP contribution in [0, 0.1) is 0 Å². The second-order valence-corrected chi connectivity index (χ2v) is 4.12. The molecule has 19 heavy (non-hydrogen) atoms. The van der Waals surface area contributed by atoms with Gasteiger partial charge in [0.05, 0.1) is 6.61 Å². The molecule has 0 aliphatic heterocycles. The van der Waals surface area contributed by atoms with Gasteiger partial charge in [0.15, 0.2) is 0 Å². The second-order valence-electron chi connectivity index (χ2n) is 4.12. The zero-order valence-corrected chi connectivity index (χ0v) is 11.1. The maximum absolute atomic E-state index is 11.6. The minimum Gasteiger partial charge on any atom is -0.384 e. The Hall–Kier alpha value is -2.08. The summed E-state index contributed by atoms with van der Waals surface area (Å²) in [7, 11) is 1.64. The van der Waals surface area contributed by atoms with Crippen LogP contribution in [0.4, 0.5) is 10.5 Å². The third-order valence-corrected chi connectivity index (χ3v) is 2.60. The van der Waals surface area contributed by atoms with Gasteiger partial charge in [-0.05, 0) is 25.0 Å². The summed E-state index contributed by atoms with van der Waals surface area (Å²) >= 11 is 0. The third kappa shape index (κ3) is 4.97. The molecule has 0 spiro atoms. The summed E-state index contributed by atoms with van der Waals surface area (Å²) in [5.74, 6) is -0.464. The van der Waals surface area contributed by atoms with Gasteiger partial charge in [0, 0.05) is 12.8 Å². The highest BCUT2D eigenvalue weighted by Gasteiger charge is 2.15. The van der Waals surface area contributed by atoms with Crippen molar-refractivity contribution < 1.29 is 14.3 Å². The number of nitrogens with one attached hydrogen (secondary N) is 2. The van der Waals surface area contributed by atoms with Crippen LogP contribution in [0.1, 0.15) is 12.5 Å². The van der Waals surface area contributed by atoms with Crippen LogP contribution in [-0.4, -0.2) is 31.7 Å². The Morgan fingerprint density at radius 3 is 2.68 bits per heavy atom. The molecule has 6 nitrogen and oxygen atoms in total. The van der Waals surface area contributed by atoms with Gasteiger partial charge in [-0.25, -0.2) is 4.79 Å². The van der Waals surface area contributed by atoms with Crippen LogP contribution < -0.4 is 16.4 Å². The number of para-hydroxylation sites is 1. The van der Waals surface area contributed by atoms with Crippen LogP contribution in [0.15, 0.2) is 24.3 Å². The lowest BCUT2D eigenvalue weighted by Gasteiger charge is -2.17. The number of amides is 3. The van der Waals surface area contributed by atoms with E-state index in [1.807, 2.05) is 29.6 Å². The largest absolute Gasteiger partial charge is 0.384 e. The summed E-state index contributed by atoms with van der Waals surface area (Å²) in [6.45, 7) is 2.26. The van der Waals surface area contributed by atoms with E-state index in [0.717, 1.165) is 17.7 Å². The van der Waals surface area contributed by atoms with Crippen molar-refractivity contribution in [3.8, 4) is 0 Å². The molecule has 6 heteroatoms. The Morgan fingerprint density at radius 2 is 2.05 bits per heavy atom. The summed E-state index contributed by atoms with van der Waals surface area (Å²) in [5, 5.41) is 5.09. The van der Waals surface area contributed by atoms with Crippen molar-refractivity contribution in [2.24, 2.45) is 5.73 Å². The molecule has 0 fully saturated rings. The molecule has 1 aromatic carbocycles. The molecule has 3 amide bonds. The van der Waals surface area contributed by atoms with E-state index in [9.17, 15) is 9.59 Å². The fourth-order valence-corrected chi connectivity index (χ4v) is 1.62. The third-order valence-electron chi connectivity index (χ3n) is 2.60. The SMILES string of the molecule is COCCc1ccccc1NC(C)C(=O)NC(N)=O. The van der Waals surface area contributed by atoms with Crippen LogP contribution in [0.3, 0.4) is 0 Å². The summed E-state index contributed by atoms with van der Waals surface area (Å²) in [6, 6.07) is 6.21. The summed E-state index contributed by atoms with van der Waals surface area (Å²) < 4.78 is 5.04. The molecule has 1 aromatic rings. The first-order valence-electron chi connectivity index (χ1n) is 5.98. The van der Waals surface area contributed by atoms with Crippen molar-refractivity contribution >= 4 is 17.6 Å². The lowest BCUT2D eigenvalue weighted by molar-refractivity contribution is -0.120. The van der Waals surface area contributed by atoms with Crippen molar-refractivity contribution in [3.05, 3.63) is 29.8 Å². The highest BCUT2D eigenvalue weighted by atomic mass is 16.5. The van der Waals surface area contributed by atoms with Gasteiger partial charge in [0.25, 0.3) is 0 Å². The normalized spacial score (nSPS) is 11.7. The monoisotopic (exact) mass is 265 g/mol. The topological polar surface area (TPSA) is 93.4 Å². The first-order chi connectivity index (χ1) is 9.04. The Morgan fingerprint density at radius 1 is 1.37 bits per heavy atom. The lowest BCUT2D eigenvalue weighted by atomic mass is 10.1. The van der Waals surface area contributed by atoms with Crippen molar-refractivity contribution in [2.75, 3.05) is 19.0 Å². The predicted octanol–water partition coefficient (Wildman–Crippen LogP) is 0.871. The summed E-state index contributed by atoms with van der Waals surface area (Å²) in [5.41, 5.74) is 6.79. The molecule has 0 bridgehead atoms. The number of nitrogens with two attached hydrogens (primary N) is 1. The van der Waals surface area contributed by atoms with Gasteiger partial charge in [-0.1, -0.05) is 18.2 Å². The van der Waals surface area contributed by atoms with Gasteiger partial charge in [0.1, 0.15) is 6.04 Å². The number of hydrogen-bond donors (Lipinski definition) is 3. The Balaban J connectivity index is 2.70. The Kier molecular flexibility index (Phi) is 5.81. The highest BCUT2D eigenvalue weighted by molar-refractivity contribution is 5.97. The average molecular weight is 265 g/mol. The fraction of sp³-hybridized carbons (Fsp3) is 0.385. The maximum Gasteiger partial charge on any atom is 0.318 e. The molecule has 0 aromatic heterocycles. The van der Waals surface area contributed by atoms with Gasteiger partial charge in [0.2, 0.25) is 5.91 Å². The van der Waals surface area contributed by atoms with Crippen LogP contribution >= 0.6 is 0 Å². The van der Waals surface area contributed by atoms with Crippen molar-refractivity contribution in [3.63, 3.8) is 0 Å².